The van der Waals surface area contributed by atoms with Gasteiger partial charge in [0.05, 0.1) is 12.2 Å². The third-order valence-electron chi connectivity index (χ3n) is 1.60. The molecule has 0 amide bonds. The van der Waals surface area contributed by atoms with Crippen molar-refractivity contribution in [3.63, 3.8) is 0 Å². The van der Waals surface area contributed by atoms with Crippen molar-refractivity contribution >= 4 is 5.78 Å². The Balaban J connectivity index is 2.85. The van der Waals surface area contributed by atoms with E-state index in [2.05, 4.69) is 0 Å². The molecular weight excluding hydrogens is 132 g/mol. The van der Waals surface area contributed by atoms with Gasteiger partial charge in [-0.15, -0.1) is 0 Å². The molecule has 0 aromatic carbocycles. The van der Waals surface area contributed by atoms with Crippen molar-refractivity contribution in [1.82, 2.24) is 0 Å². The lowest BCUT2D eigenvalue weighted by atomic mass is 10.1. The second-order valence-electron chi connectivity index (χ2n) is 2.32. The Morgan fingerprint density at radius 2 is 2.30 bits per heavy atom. The molecule has 1 N–H and O–H groups in total. The largest absolute Gasteiger partial charge is 0.487 e. The van der Waals surface area contributed by atoms with Crippen molar-refractivity contribution in [2.24, 2.45) is 0 Å². The number of aliphatic hydroxyl groups is 1. The van der Waals surface area contributed by atoms with Gasteiger partial charge in [-0.1, -0.05) is 0 Å². The number of ketones is 1. The molecule has 1 heterocycles. The molecule has 3 nitrogen and oxygen atoms in total. The van der Waals surface area contributed by atoms with Crippen LogP contribution < -0.4 is 0 Å². The summed E-state index contributed by atoms with van der Waals surface area (Å²) in [6.07, 6.45) is -0.401. The van der Waals surface area contributed by atoms with E-state index < -0.39 is 6.10 Å². The molecule has 56 valence electrons. The average Bonchev–Trinajstić information content (AvgIpc) is 2.09. The van der Waals surface area contributed by atoms with Crippen molar-refractivity contribution in [3.8, 4) is 0 Å². The highest BCUT2D eigenvalue weighted by Crippen LogP contribution is 2.19. The smallest absolute Gasteiger partial charge is 0.204 e. The maximum atomic E-state index is 11.0. The summed E-state index contributed by atoms with van der Waals surface area (Å²) in [7, 11) is 0. The van der Waals surface area contributed by atoms with E-state index in [-0.39, 0.29) is 12.4 Å². The first-order valence-corrected chi connectivity index (χ1v) is 3.18. The normalized spacial score (nSPS) is 25.5. The zero-order valence-corrected chi connectivity index (χ0v) is 6.05. The van der Waals surface area contributed by atoms with Crippen LogP contribution in [-0.2, 0) is 9.53 Å². The van der Waals surface area contributed by atoms with Gasteiger partial charge < -0.3 is 9.84 Å². The number of hydrogen-bond donors (Lipinski definition) is 1. The molecule has 10 heavy (non-hydrogen) atoms. The van der Waals surface area contributed by atoms with Crippen molar-refractivity contribution in [2.75, 3.05) is 6.61 Å². The molecule has 0 spiro atoms. The van der Waals surface area contributed by atoms with Gasteiger partial charge in [0, 0.05) is 0 Å². The number of carbonyl (C=O) groups is 1. The number of aliphatic hydroxyl groups excluding tert-OH is 1. The van der Waals surface area contributed by atoms with E-state index in [1.54, 1.807) is 13.8 Å². The molecule has 0 saturated carbocycles. The van der Waals surface area contributed by atoms with Gasteiger partial charge in [-0.05, 0) is 13.8 Å². The van der Waals surface area contributed by atoms with E-state index in [1.807, 2.05) is 0 Å². The highest BCUT2D eigenvalue weighted by molar-refractivity contribution is 6.01. The number of Topliss-reactive ketones (excluding diaryl/α,β-unsaturated/α-hetero) is 1. The third kappa shape index (κ3) is 0.926. The topological polar surface area (TPSA) is 46.5 Å². The molecule has 0 bridgehead atoms. The molecule has 0 fully saturated rings. The molecule has 0 aromatic rings. The van der Waals surface area contributed by atoms with Crippen LogP contribution in [0.5, 0.6) is 0 Å². The number of ether oxygens (including phenoxy) is 1. The van der Waals surface area contributed by atoms with Crippen LogP contribution in [0.2, 0.25) is 0 Å². The van der Waals surface area contributed by atoms with Gasteiger partial charge in [0.15, 0.2) is 6.10 Å². The van der Waals surface area contributed by atoms with Gasteiger partial charge in [-0.25, -0.2) is 0 Å². The molecule has 1 unspecified atom stereocenters. The highest BCUT2D eigenvalue weighted by atomic mass is 16.5. The molecule has 0 aliphatic carbocycles. The molecular formula is C7H10O3. The first kappa shape index (κ1) is 7.28. The maximum Gasteiger partial charge on any atom is 0.204 e. The lowest BCUT2D eigenvalue weighted by Crippen LogP contribution is -2.14. The molecule has 0 aromatic heterocycles. The quantitative estimate of drug-likeness (QED) is 0.570. The van der Waals surface area contributed by atoms with Crippen molar-refractivity contribution in [2.45, 2.75) is 20.0 Å². The van der Waals surface area contributed by atoms with E-state index in [4.69, 9.17) is 9.84 Å². The fourth-order valence-electron chi connectivity index (χ4n) is 0.998. The average molecular weight is 142 g/mol. The van der Waals surface area contributed by atoms with Gasteiger partial charge in [0.25, 0.3) is 0 Å². The lowest BCUT2D eigenvalue weighted by Gasteiger charge is -2.00. The van der Waals surface area contributed by atoms with Gasteiger partial charge >= 0.3 is 0 Å². The van der Waals surface area contributed by atoms with Crippen LogP contribution in [0.4, 0.5) is 0 Å². The van der Waals surface area contributed by atoms with Crippen LogP contribution in [0.3, 0.4) is 0 Å². The summed E-state index contributed by atoms with van der Waals surface area (Å²) in [6.45, 7) is 3.15. The highest BCUT2D eigenvalue weighted by Gasteiger charge is 2.28. The van der Waals surface area contributed by atoms with Gasteiger partial charge in [0.2, 0.25) is 5.78 Å². The Morgan fingerprint density at radius 3 is 2.50 bits per heavy atom. The van der Waals surface area contributed by atoms with E-state index in [1.165, 1.54) is 0 Å². The van der Waals surface area contributed by atoms with Gasteiger partial charge in [-0.2, -0.15) is 0 Å². The summed E-state index contributed by atoms with van der Waals surface area (Å²) in [6, 6.07) is 0. The van der Waals surface area contributed by atoms with Crippen LogP contribution in [-0.4, -0.2) is 23.6 Å². The second-order valence-corrected chi connectivity index (χ2v) is 2.32. The predicted molar refractivity (Wildman–Crippen MR) is 35.3 cm³/mol. The summed E-state index contributed by atoms with van der Waals surface area (Å²) in [4.78, 5) is 11.0. The molecule has 1 atom stereocenters. The Labute approximate surface area is 59.3 Å². The Kier molecular flexibility index (Phi) is 1.76. The summed E-state index contributed by atoms with van der Waals surface area (Å²) >= 11 is 0. The van der Waals surface area contributed by atoms with E-state index in [9.17, 15) is 4.79 Å². The first-order valence-electron chi connectivity index (χ1n) is 3.18. The van der Waals surface area contributed by atoms with Crippen LogP contribution in [0.15, 0.2) is 11.3 Å². The minimum absolute atomic E-state index is 0.0972. The lowest BCUT2D eigenvalue weighted by molar-refractivity contribution is -0.120. The molecule has 3 heteroatoms. The standard InChI is InChI=1S/C7H10O3/c1-4-6(3-8)7(9)5(2)10-4/h5,8H,3H2,1-2H3. The molecule has 0 radical (unpaired) electrons. The van der Waals surface area contributed by atoms with Crippen LogP contribution >= 0.6 is 0 Å². The summed E-state index contributed by atoms with van der Waals surface area (Å²) in [5.74, 6) is 0.458. The number of carbonyl (C=O) groups excluding carboxylic acids is 1. The van der Waals surface area contributed by atoms with Crippen LogP contribution in [0.1, 0.15) is 13.8 Å². The summed E-state index contributed by atoms with van der Waals surface area (Å²) in [5.41, 5.74) is 0.410. The van der Waals surface area contributed by atoms with Crippen molar-refractivity contribution in [3.05, 3.63) is 11.3 Å². The SMILES string of the molecule is CC1=C(CO)C(=O)C(C)O1. The van der Waals surface area contributed by atoms with Crippen molar-refractivity contribution < 1.29 is 14.6 Å². The first-order chi connectivity index (χ1) is 4.66. The Bertz CT molecular complexity index is 193. The summed E-state index contributed by atoms with van der Waals surface area (Å²) in [5, 5.41) is 8.67. The van der Waals surface area contributed by atoms with Gasteiger partial charge in [-0.3, -0.25) is 4.79 Å². The van der Waals surface area contributed by atoms with E-state index in [0.29, 0.717) is 11.3 Å². The number of rotatable bonds is 1. The van der Waals surface area contributed by atoms with Crippen LogP contribution in [0, 0.1) is 0 Å². The van der Waals surface area contributed by atoms with Crippen molar-refractivity contribution in [1.29, 1.82) is 0 Å². The second kappa shape index (κ2) is 2.42. The zero-order valence-electron chi connectivity index (χ0n) is 6.05. The third-order valence-corrected chi connectivity index (χ3v) is 1.60. The summed E-state index contributed by atoms with van der Waals surface area (Å²) < 4.78 is 5.05. The fourth-order valence-corrected chi connectivity index (χ4v) is 0.998. The predicted octanol–water partition coefficient (Wildman–Crippen LogP) is 0.240. The Hall–Kier alpha value is -0.830. The number of allylic oxidation sites excluding steroid dienone is 1. The zero-order chi connectivity index (χ0) is 7.72. The minimum atomic E-state index is -0.401. The molecule has 0 saturated heterocycles. The van der Waals surface area contributed by atoms with Gasteiger partial charge in [0.1, 0.15) is 5.76 Å². The van der Waals surface area contributed by atoms with E-state index in [0.717, 1.165) is 0 Å². The maximum absolute atomic E-state index is 11.0. The Morgan fingerprint density at radius 1 is 1.70 bits per heavy atom. The fraction of sp³-hybridized carbons (Fsp3) is 0.571. The molecule has 1 aliphatic rings. The monoisotopic (exact) mass is 142 g/mol. The number of hydrogen-bond acceptors (Lipinski definition) is 3. The molecule has 1 rings (SSSR count). The van der Waals surface area contributed by atoms with E-state index >= 15 is 0 Å². The molecule has 1 aliphatic heterocycles. The van der Waals surface area contributed by atoms with Crippen LogP contribution in [0.25, 0.3) is 0 Å². The minimum Gasteiger partial charge on any atom is -0.487 e.